The largest absolute Gasteiger partial charge is 0.342 e. The molecule has 0 aromatic carbocycles. The molecule has 0 aromatic heterocycles. The van der Waals surface area contributed by atoms with Crippen molar-refractivity contribution >= 4 is 11.6 Å². The highest BCUT2D eigenvalue weighted by molar-refractivity contribution is 6.18. The van der Waals surface area contributed by atoms with Gasteiger partial charge in [0.2, 0.25) is 6.29 Å². The van der Waals surface area contributed by atoms with Crippen molar-refractivity contribution in [3.8, 4) is 11.8 Å². The Labute approximate surface area is 79.2 Å². The molecule has 0 aliphatic heterocycles. The first kappa shape index (κ1) is 11.8. The third-order valence-corrected chi connectivity index (χ3v) is 1.26. The summed E-state index contributed by atoms with van der Waals surface area (Å²) in [5.74, 6) is 6.27. The van der Waals surface area contributed by atoms with Crippen LogP contribution in [-0.2, 0) is 9.47 Å². The molecule has 0 atom stereocenters. The standard InChI is InChI=1S/C9H15ClO2/c1-3-11-9(12-4-2)7-5-6-8-10/h9H,3-4,6,8H2,1-2H3. The van der Waals surface area contributed by atoms with E-state index in [9.17, 15) is 0 Å². The van der Waals surface area contributed by atoms with Gasteiger partial charge in [0.25, 0.3) is 0 Å². The van der Waals surface area contributed by atoms with E-state index in [0.717, 1.165) is 0 Å². The van der Waals surface area contributed by atoms with Gasteiger partial charge >= 0.3 is 0 Å². The second kappa shape index (κ2) is 8.86. The van der Waals surface area contributed by atoms with Gasteiger partial charge in [-0.05, 0) is 19.8 Å². The lowest BCUT2D eigenvalue weighted by Gasteiger charge is -2.09. The van der Waals surface area contributed by atoms with Crippen molar-refractivity contribution in [3.05, 3.63) is 0 Å². The molecule has 0 N–H and O–H groups in total. The Morgan fingerprint density at radius 3 is 2.25 bits per heavy atom. The van der Waals surface area contributed by atoms with E-state index in [-0.39, 0.29) is 6.29 Å². The summed E-state index contributed by atoms with van der Waals surface area (Å²) in [5.41, 5.74) is 0. The van der Waals surface area contributed by atoms with E-state index in [1.165, 1.54) is 0 Å². The SMILES string of the molecule is CCOC(C#CCCCl)OCC. The van der Waals surface area contributed by atoms with Crippen molar-refractivity contribution in [2.75, 3.05) is 19.1 Å². The summed E-state index contributed by atoms with van der Waals surface area (Å²) < 4.78 is 10.4. The summed E-state index contributed by atoms with van der Waals surface area (Å²) in [6.45, 7) is 5.05. The van der Waals surface area contributed by atoms with Crippen LogP contribution in [0.4, 0.5) is 0 Å². The number of hydrogen-bond donors (Lipinski definition) is 0. The molecule has 0 saturated heterocycles. The van der Waals surface area contributed by atoms with Crippen LogP contribution in [0.1, 0.15) is 20.3 Å². The second-order valence-electron chi connectivity index (χ2n) is 2.00. The van der Waals surface area contributed by atoms with Crippen LogP contribution in [0, 0.1) is 11.8 Å². The second-order valence-corrected chi connectivity index (χ2v) is 2.38. The first-order chi connectivity index (χ1) is 5.85. The third-order valence-electron chi connectivity index (χ3n) is 1.08. The first-order valence-electron chi connectivity index (χ1n) is 4.12. The van der Waals surface area contributed by atoms with Crippen molar-refractivity contribution in [2.45, 2.75) is 26.6 Å². The van der Waals surface area contributed by atoms with Crippen LogP contribution in [0.5, 0.6) is 0 Å². The van der Waals surface area contributed by atoms with E-state index >= 15 is 0 Å². The molecule has 12 heavy (non-hydrogen) atoms. The monoisotopic (exact) mass is 190 g/mol. The Kier molecular flexibility index (Phi) is 8.69. The highest BCUT2D eigenvalue weighted by atomic mass is 35.5. The van der Waals surface area contributed by atoms with Gasteiger partial charge in [-0.1, -0.05) is 5.92 Å². The molecule has 70 valence electrons. The van der Waals surface area contributed by atoms with E-state index in [1.807, 2.05) is 13.8 Å². The van der Waals surface area contributed by atoms with E-state index in [2.05, 4.69) is 11.8 Å². The minimum Gasteiger partial charge on any atom is -0.342 e. The number of ether oxygens (including phenoxy) is 2. The first-order valence-corrected chi connectivity index (χ1v) is 4.66. The Bertz CT molecular complexity index is 142. The minimum atomic E-state index is -0.386. The van der Waals surface area contributed by atoms with Crippen LogP contribution in [0.3, 0.4) is 0 Å². The fraction of sp³-hybridized carbons (Fsp3) is 0.778. The summed E-state index contributed by atoms with van der Waals surface area (Å²) in [6, 6.07) is 0. The Hall–Kier alpha value is -0.230. The van der Waals surface area contributed by atoms with Gasteiger partial charge in [-0.15, -0.1) is 11.6 Å². The molecule has 0 aliphatic carbocycles. The third kappa shape index (κ3) is 6.48. The molecule has 0 radical (unpaired) electrons. The fourth-order valence-corrected chi connectivity index (χ4v) is 0.731. The van der Waals surface area contributed by atoms with Gasteiger partial charge < -0.3 is 9.47 Å². The Morgan fingerprint density at radius 2 is 1.83 bits per heavy atom. The summed E-state index contributed by atoms with van der Waals surface area (Å²) >= 11 is 5.45. The molecule has 2 nitrogen and oxygen atoms in total. The van der Waals surface area contributed by atoms with Gasteiger partial charge in [-0.25, -0.2) is 0 Å². The molecule has 0 heterocycles. The molecule has 0 bridgehead atoms. The fourth-order valence-electron chi connectivity index (χ4n) is 0.637. The molecule has 0 aromatic rings. The number of alkyl halides is 1. The van der Waals surface area contributed by atoms with Gasteiger partial charge in [0, 0.05) is 25.5 Å². The van der Waals surface area contributed by atoms with Crippen LogP contribution in [-0.4, -0.2) is 25.4 Å². The molecule has 0 aliphatic rings. The zero-order chi connectivity index (χ0) is 9.23. The number of hydrogen-bond acceptors (Lipinski definition) is 2. The quantitative estimate of drug-likeness (QED) is 0.375. The highest BCUT2D eigenvalue weighted by Crippen LogP contribution is 1.93. The van der Waals surface area contributed by atoms with Crippen LogP contribution >= 0.6 is 11.6 Å². The zero-order valence-electron chi connectivity index (χ0n) is 7.60. The predicted molar refractivity (Wildman–Crippen MR) is 50.2 cm³/mol. The summed E-state index contributed by atoms with van der Waals surface area (Å²) in [5, 5.41) is 0. The molecule has 0 unspecified atom stereocenters. The lowest BCUT2D eigenvalue weighted by molar-refractivity contribution is -0.0970. The van der Waals surface area contributed by atoms with E-state index in [4.69, 9.17) is 21.1 Å². The number of rotatable bonds is 5. The smallest absolute Gasteiger partial charge is 0.222 e. The molecule has 0 saturated carbocycles. The van der Waals surface area contributed by atoms with E-state index in [0.29, 0.717) is 25.5 Å². The Morgan fingerprint density at radius 1 is 1.25 bits per heavy atom. The van der Waals surface area contributed by atoms with Crippen molar-refractivity contribution in [1.29, 1.82) is 0 Å². The lowest BCUT2D eigenvalue weighted by atomic mass is 10.4. The van der Waals surface area contributed by atoms with Gasteiger partial charge in [0.1, 0.15) is 0 Å². The van der Waals surface area contributed by atoms with Gasteiger partial charge in [-0.2, -0.15) is 0 Å². The molecule has 0 fully saturated rings. The van der Waals surface area contributed by atoms with Crippen molar-refractivity contribution < 1.29 is 9.47 Å². The average molecular weight is 191 g/mol. The topological polar surface area (TPSA) is 18.5 Å². The van der Waals surface area contributed by atoms with Crippen molar-refractivity contribution in [2.24, 2.45) is 0 Å². The van der Waals surface area contributed by atoms with E-state index in [1.54, 1.807) is 0 Å². The van der Waals surface area contributed by atoms with Crippen LogP contribution in [0.2, 0.25) is 0 Å². The minimum absolute atomic E-state index is 0.386. The van der Waals surface area contributed by atoms with Gasteiger partial charge in [0.15, 0.2) is 0 Å². The van der Waals surface area contributed by atoms with Crippen LogP contribution < -0.4 is 0 Å². The summed E-state index contributed by atoms with van der Waals surface area (Å²) in [6.07, 6.45) is 0.293. The Balaban J connectivity index is 3.70. The maximum absolute atomic E-state index is 5.45. The normalized spacial score (nSPS) is 9.67. The van der Waals surface area contributed by atoms with Crippen molar-refractivity contribution in [1.82, 2.24) is 0 Å². The lowest BCUT2D eigenvalue weighted by Crippen LogP contribution is -2.14. The van der Waals surface area contributed by atoms with Crippen molar-refractivity contribution in [3.63, 3.8) is 0 Å². The van der Waals surface area contributed by atoms with Gasteiger partial charge in [0.05, 0.1) is 0 Å². The maximum Gasteiger partial charge on any atom is 0.222 e. The molecule has 3 heteroatoms. The molecular formula is C9H15ClO2. The average Bonchev–Trinajstić information content (AvgIpc) is 2.06. The predicted octanol–water partition coefficient (Wildman–Crippen LogP) is 2.02. The highest BCUT2D eigenvalue weighted by Gasteiger charge is 2.00. The van der Waals surface area contributed by atoms with E-state index < -0.39 is 0 Å². The summed E-state index contributed by atoms with van der Waals surface area (Å²) in [4.78, 5) is 0. The molecule has 0 amide bonds. The van der Waals surface area contributed by atoms with Crippen LogP contribution in [0.25, 0.3) is 0 Å². The molecule has 0 spiro atoms. The van der Waals surface area contributed by atoms with Crippen LogP contribution in [0.15, 0.2) is 0 Å². The molecule has 0 rings (SSSR count). The van der Waals surface area contributed by atoms with Gasteiger partial charge in [-0.3, -0.25) is 0 Å². The maximum atomic E-state index is 5.45. The zero-order valence-corrected chi connectivity index (χ0v) is 8.36. The number of halogens is 1. The molecular weight excluding hydrogens is 176 g/mol. The summed E-state index contributed by atoms with van der Waals surface area (Å²) in [7, 11) is 0.